The van der Waals surface area contributed by atoms with Crippen molar-refractivity contribution in [2.75, 3.05) is 5.32 Å². The third kappa shape index (κ3) is 4.28. The number of anilines is 1. The molecule has 0 unspecified atom stereocenters. The summed E-state index contributed by atoms with van der Waals surface area (Å²) in [4.78, 5) is 17.3. The Balaban J connectivity index is 2.18. The van der Waals surface area contributed by atoms with Gasteiger partial charge in [-0.1, -0.05) is 11.6 Å². The van der Waals surface area contributed by atoms with Crippen LogP contribution in [-0.4, -0.2) is 14.9 Å². The number of nitro groups is 1. The van der Waals surface area contributed by atoms with Gasteiger partial charge in [-0.05, 0) is 24.6 Å². The number of nitro benzene ring substituents is 1. The molecule has 1 aromatic carbocycles. The second kappa shape index (κ2) is 6.37. The maximum atomic E-state index is 12.7. The normalized spacial score (nSPS) is 11.3. The van der Waals surface area contributed by atoms with Crippen LogP contribution in [0.15, 0.2) is 24.3 Å². The first-order valence-corrected chi connectivity index (χ1v) is 6.64. The van der Waals surface area contributed by atoms with Crippen molar-refractivity contribution in [2.45, 2.75) is 19.6 Å². The first-order chi connectivity index (χ1) is 10.7. The lowest BCUT2D eigenvalue weighted by molar-refractivity contribution is -0.384. The van der Waals surface area contributed by atoms with Crippen LogP contribution >= 0.6 is 11.6 Å². The molecule has 1 heterocycles. The Morgan fingerprint density at radius 1 is 1.30 bits per heavy atom. The minimum Gasteiger partial charge on any atom is -0.350 e. The maximum Gasteiger partial charge on any atom is 0.433 e. The molecular formula is C13H10ClF3N4O2. The van der Waals surface area contributed by atoms with Crippen LogP contribution in [0.4, 0.5) is 24.8 Å². The van der Waals surface area contributed by atoms with Crippen LogP contribution in [0.1, 0.15) is 17.0 Å². The SMILES string of the molecule is Cc1cc(C(F)(F)F)nc(NCc2ccc([N+](=O)[O-])cc2Cl)n1. The van der Waals surface area contributed by atoms with Crippen molar-refractivity contribution in [3.05, 3.63) is 56.4 Å². The van der Waals surface area contributed by atoms with Gasteiger partial charge >= 0.3 is 6.18 Å². The molecule has 23 heavy (non-hydrogen) atoms. The summed E-state index contributed by atoms with van der Waals surface area (Å²) in [7, 11) is 0. The highest BCUT2D eigenvalue weighted by Gasteiger charge is 2.33. The van der Waals surface area contributed by atoms with Gasteiger partial charge in [-0.15, -0.1) is 0 Å². The standard InChI is InChI=1S/C13H10ClF3N4O2/c1-7-4-11(13(15,16)17)20-12(19-7)18-6-8-2-3-9(21(22)23)5-10(8)14/h2-5H,6H2,1H3,(H,18,19,20). The zero-order valence-electron chi connectivity index (χ0n) is 11.7. The van der Waals surface area contributed by atoms with Crippen LogP contribution in [0.25, 0.3) is 0 Å². The topological polar surface area (TPSA) is 81.0 Å². The van der Waals surface area contributed by atoms with Crippen LogP contribution in [-0.2, 0) is 12.7 Å². The van der Waals surface area contributed by atoms with E-state index >= 15 is 0 Å². The quantitative estimate of drug-likeness (QED) is 0.669. The van der Waals surface area contributed by atoms with E-state index in [2.05, 4.69) is 15.3 Å². The number of hydrogen-bond acceptors (Lipinski definition) is 5. The molecule has 10 heteroatoms. The van der Waals surface area contributed by atoms with E-state index in [9.17, 15) is 23.3 Å². The van der Waals surface area contributed by atoms with Crippen LogP contribution in [0, 0.1) is 17.0 Å². The summed E-state index contributed by atoms with van der Waals surface area (Å²) in [5.41, 5.74) is -0.604. The van der Waals surface area contributed by atoms with E-state index in [1.54, 1.807) is 0 Å². The van der Waals surface area contributed by atoms with Crippen molar-refractivity contribution in [1.82, 2.24) is 9.97 Å². The molecule has 0 aliphatic rings. The molecule has 0 saturated carbocycles. The molecule has 0 amide bonds. The minimum absolute atomic E-state index is 0.0254. The first kappa shape index (κ1) is 16.9. The highest BCUT2D eigenvalue weighted by molar-refractivity contribution is 6.31. The molecule has 1 aromatic heterocycles. The van der Waals surface area contributed by atoms with E-state index in [4.69, 9.17) is 11.6 Å². The van der Waals surface area contributed by atoms with Gasteiger partial charge in [0.1, 0.15) is 5.69 Å². The second-order valence-electron chi connectivity index (χ2n) is 4.60. The third-order valence-corrected chi connectivity index (χ3v) is 3.18. The molecule has 0 saturated heterocycles. The van der Waals surface area contributed by atoms with Crippen LogP contribution < -0.4 is 5.32 Å². The van der Waals surface area contributed by atoms with Crippen LogP contribution in [0.3, 0.4) is 0 Å². The molecule has 2 rings (SSSR count). The fourth-order valence-corrected chi connectivity index (χ4v) is 2.00. The Bertz CT molecular complexity index is 752. The fraction of sp³-hybridized carbons (Fsp3) is 0.231. The second-order valence-corrected chi connectivity index (χ2v) is 5.01. The van der Waals surface area contributed by atoms with Gasteiger partial charge in [-0.25, -0.2) is 9.97 Å². The van der Waals surface area contributed by atoms with E-state index < -0.39 is 16.8 Å². The predicted molar refractivity (Wildman–Crippen MR) is 77.2 cm³/mol. The van der Waals surface area contributed by atoms with Crippen molar-refractivity contribution >= 4 is 23.2 Å². The van der Waals surface area contributed by atoms with Gasteiger partial charge in [0.15, 0.2) is 0 Å². The lowest BCUT2D eigenvalue weighted by Gasteiger charge is -2.11. The number of halogens is 4. The summed E-state index contributed by atoms with van der Waals surface area (Å²) < 4.78 is 38.1. The van der Waals surface area contributed by atoms with E-state index in [-0.39, 0.29) is 28.9 Å². The summed E-state index contributed by atoms with van der Waals surface area (Å²) in [5, 5.41) is 13.4. The van der Waals surface area contributed by atoms with E-state index in [1.807, 2.05) is 0 Å². The molecule has 2 aromatic rings. The molecule has 0 atom stereocenters. The third-order valence-electron chi connectivity index (χ3n) is 2.83. The number of nitrogens with one attached hydrogen (secondary N) is 1. The number of aromatic nitrogens is 2. The molecule has 0 spiro atoms. The summed E-state index contributed by atoms with van der Waals surface area (Å²) in [6, 6.07) is 4.66. The smallest absolute Gasteiger partial charge is 0.350 e. The van der Waals surface area contributed by atoms with Gasteiger partial charge in [0.25, 0.3) is 5.69 Å². The number of hydrogen-bond donors (Lipinski definition) is 1. The highest BCUT2D eigenvalue weighted by Crippen LogP contribution is 2.29. The predicted octanol–water partition coefficient (Wildman–Crippen LogP) is 3.98. The van der Waals surface area contributed by atoms with Crippen LogP contribution in [0.2, 0.25) is 5.02 Å². The molecule has 0 fully saturated rings. The van der Waals surface area contributed by atoms with Gasteiger partial charge in [0.2, 0.25) is 5.95 Å². The molecule has 0 aliphatic carbocycles. The average Bonchev–Trinajstić information content (AvgIpc) is 2.44. The average molecular weight is 347 g/mol. The Labute approximate surface area is 133 Å². The summed E-state index contributed by atoms with van der Waals surface area (Å²) in [6.45, 7) is 1.44. The number of nitrogens with zero attached hydrogens (tertiary/aromatic N) is 3. The van der Waals surface area contributed by atoms with Crippen molar-refractivity contribution in [2.24, 2.45) is 0 Å². The van der Waals surface area contributed by atoms with Crippen molar-refractivity contribution in [3.63, 3.8) is 0 Å². The van der Waals surface area contributed by atoms with E-state index in [0.29, 0.717) is 5.56 Å². The molecular weight excluding hydrogens is 337 g/mol. The lowest BCUT2D eigenvalue weighted by Crippen LogP contribution is -2.13. The van der Waals surface area contributed by atoms with Crippen molar-refractivity contribution < 1.29 is 18.1 Å². The highest BCUT2D eigenvalue weighted by atomic mass is 35.5. The Morgan fingerprint density at radius 3 is 2.57 bits per heavy atom. The zero-order valence-corrected chi connectivity index (χ0v) is 12.4. The Kier molecular flexibility index (Phi) is 4.69. The number of non-ortho nitro benzene ring substituents is 1. The summed E-state index contributed by atoms with van der Waals surface area (Å²) >= 11 is 5.91. The Hall–Kier alpha value is -2.42. The molecule has 0 radical (unpaired) electrons. The van der Waals surface area contributed by atoms with Gasteiger partial charge in [0, 0.05) is 24.4 Å². The van der Waals surface area contributed by atoms with Crippen molar-refractivity contribution in [1.29, 1.82) is 0 Å². The Morgan fingerprint density at radius 2 is 2.00 bits per heavy atom. The number of alkyl halides is 3. The lowest BCUT2D eigenvalue weighted by atomic mass is 10.2. The first-order valence-electron chi connectivity index (χ1n) is 6.26. The zero-order chi connectivity index (χ0) is 17.2. The summed E-state index contributed by atoms with van der Waals surface area (Å²) in [6.07, 6.45) is -4.57. The molecule has 0 bridgehead atoms. The number of benzene rings is 1. The number of aryl methyl sites for hydroxylation is 1. The number of rotatable bonds is 4. The van der Waals surface area contributed by atoms with Gasteiger partial charge < -0.3 is 5.32 Å². The molecule has 6 nitrogen and oxygen atoms in total. The van der Waals surface area contributed by atoms with Gasteiger partial charge in [-0.2, -0.15) is 13.2 Å². The van der Waals surface area contributed by atoms with Crippen LogP contribution in [0.5, 0.6) is 0 Å². The van der Waals surface area contributed by atoms with Gasteiger partial charge in [-0.3, -0.25) is 10.1 Å². The van der Waals surface area contributed by atoms with Crippen molar-refractivity contribution in [3.8, 4) is 0 Å². The minimum atomic E-state index is -4.57. The maximum absolute atomic E-state index is 12.7. The molecule has 122 valence electrons. The summed E-state index contributed by atoms with van der Waals surface area (Å²) in [5.74, 6) is -0.202. The van der Waals surface area contributed by atoms with E-state index in [1.165, 1.54) is 19.1 Å². The largest absolute Gasteiger partial charge is 0.433 e. The van der Waals surface area contributed by atoms with Gasteiger partial charge in [0.05, 0.1) is 9.95 Å². The monoisotopic (exact) mass is 346 g/mol. The fourth-order valence-electron chi connectivity index (χ4n) is 1.76. The van der Waals surface area contributed by atoms with E-state index in [0.717, 1.165) is 12.1 Å². The molecule has 1 N–H and O–H groups in total. The molecule has 0 aliphatic heterocycles.